The number of hydrogen-bond acceptors (Lipinski definition) is 3. The van der Waals surface area contributed by atoms with Crippen molar-refractivity contribution in [1.82, 2.24) is 5.32 Å². The fourth-order valence-electron chi connectivity index (χ4n) is 1.59. The Balaban J connectivity index is 0. The Labute approximate surface area is 233 Å². The summed E-state index contributed by atoms with van der Waals surface area (Å²) in [5.74, 6) is 8.01. The van der Waals surface area contributed by atoms with Crippen LogP contribution in [0, 0.1) is 27.8 Å². The van der Waals surface area contributed by atoms with Gasteiger partial charge in [-0.05, 0) is 104 Å². The number of nitrogens with one attached hydrogen (secondary N) is 1. The van der Waals surface area contributed by atoms with Crippen molar-refractivity contribution in [3.05, 3.63) is 64.5 Å². The van der Waals surface area contributed by atoms with Crippen LogP contribution >= 0.6 is 77.7 Å². The van der Waals surface area contributed by atoms with Crippen molar-refractivity contribution < 1.29 is 10.2 Å². The summed E-state index contributed by atoms with van der Waals surface area (Å²) in [5, 5.41) is 21.0. The van der Waals surface area contributed by atoms with Crippen molar-refractivity contribution in [1.29, 1.82) is 0 Å². The molecular weight excluding hydrogens is 692 g/mol. The van der Waals surface area contributed by atoms with Crippen LogP contribution in [0.15, 0.2) is 45.3 Å². The van der Waals surface area contributed by atoms with Gasteiger partial charge in [0.1, 0.15) is 0 Å². The lowest BCUT2D eigenvalue weighted by Gasteiger charge is -1.95. The highest BCUT2D eigenvalue weighted by molar-refractivity contribution is 14.1. The third-order valence-corrected chi connectivity index (χ3v) is 6.51. The predicted octanol–water partition coefficient (Wildman–Crippen LogP) is 7.16. The van der Waals surface area contributed by atoms with Crippen LogP contribution in [0.2, 0.25) is 10.0 Å². The number of aliphatic hydroxyl groups excluding tert-OH is 2. The third-order valence-electron chi connectivity index (χ3n) is 3.03. The first-order valence-electron chi connectivity index (χ1n) is 9.67. The second kappa shape index (κ2) is 23.9. The van der Waals surface area contributed by atoms with Gasteiger partial charge in [0.2, 0.25) is 0 Å². The van der Waals surface area contributed by atoms with Crippen LogP contribution in [-0.2, 0) is 0 Å². The number of aliphatic hydroxyl groups is 2. The van der Waals surface area contributed by atoms with Gasteiger partial charge in [-0.2, -0.15) is 0 Å². The highest BCUT2D eigenvalue weighted by Gasteiger charge is 1.96. The molecule has 32 heavy (non-hydrogen) atoms. The standard InChI is InChI=1S/C10H8BrClO.C6H3BrClI.C4H11N.C4H6O/c11-10-5-4-9(12)7-8(10)3-1-2-6-13;7-5-2-1-4(8)3-6(5)9;1-3-5-4-2;1-2-3-4-5/h4-5,7,13H,2,6H2;1-3H;5H,3-4H2,1-2H3;1,5H,3-4H2. The van der Waals surface area contributed by atoms with Crippen molar-refractivity contribution in [3.63, 3.8) is 0 Å². The Morgan fingerprint density at radius 3 is 1.84 bits per heavy atom. The van der Waals surface area contributed by atoms with E-state index in [-0.39, 0.29) is 13.2 Å². The van der Waals surface area contributed by atoms with Crippen molar-refractivity contribution in [2.75, 3.05) is 26.3 Å². The molecule has 0 radical (unpaired) electrons. The normalized spacial score (nSPS) is 8.75. The molecule has 0 aliphatic rings. The monoisotopic (exact) mass is 717 g/mol. The molecule has 0 saturated heterocycles. The van der Waals surface area contributed by atoms with Crippen LogP contribution in [0.4, 0.5) is 0 Å². The van der Waals surface area contributed by atoms with Gasteiger partial charge in [-0.1, -0.05) is 48.9 Å². The maximum atomic E-state index is 8.53. The average molecular weight is 720 g/mol. The molecule has 176 valence electrons. The van der Waals surface area contributed by atoms with Gasteiger partial charge in [-0.15, -0.1) is 12.3 Å². The highest BCUT2D eigenvalue weighted by Crippen LogP contribution is 2.22. The summed E-state index contributed by atoms with van der Waals surface area (Å²) < 4.78 is 3.15. The van der Waals surface area contributed by atoms with Gasteiger partial charge in [0.25, 0.3) is 0 Å². The van der Waals surface area contributed by atoms with E-state index < -0.39 is 0 Å². The number of rotatable bonds is 4. The minimum Gasteiger partial charge on any atom is -0.395 e. The summed E-state index contributed by atoms with van der Waals surface area (Å²) in [4.78, 5) is 0. The molecule has 0 bridgehead atoms. The molecule has 2 aromatic rings. The molecule has 8 heteroatoms. The van der Waals surface area contributed by atoms with Crippen LogP contribution in [0.5, 0.6) is 0 Å². The van der Waals surface area contributed by atoms with Gasteiger partial charge >= 0.3 is 0 Å². The molecule has 3 N–H and O–H groups in total. The van der Waals surface area contributed by atoms with Gasteiger partial charge < -0.3 is 15.5 Å². The highest BCUT2D eigenvalue weighted by atomic mass is 127. The number of benzene rings is 2. The van der Waals surface area contributed by atoms with E-state index in [0.717, 1.165) is 36.2 Å². The minimum atomic E-state index is 0.0885. The van der Waals surface area contributed by atoms with E-state index in [4.69, 9.17) is 39.8 Å². The molecule has 0 aliphatic heterocycles. The van der Waals surface area contributed by atoms with Crippen molar-refractivity contribution in [2.24, 2.45) is 0 Å². The zero-order valence-electron chi connectivity index (χ0n) is 18.1. The summed E-state index contributed by atoms with van der Waals surface area (Å²) in [7, 11) is 0. The number of hydrogen-bond donors (Lipinski definition) is 3. The third kappa shape index (κ3) is 20.3. The summed E-state index contributed by atoms with van der Waals surface area (Å²) in [5.41, 5.74) is 0.848. The van der Waals surface area contributed by atoms with Gasteiger partial charge in [0.15, 0.2) is 0 Å². The molecular formula is C24H28Br2Cl2INO2. The Morgan fingerprint density at radius 2 is 1.47 bits per heavy atom. The molecule has 0 heterocycles. The predicted molar refractivity (Wildman–Crippen MR) is 154 cm³/mol. The van der Waals surface area contributed by atoms with E-state index in [1.165, 1.54) is 0 Å². The quantitative estimate of drug-likeness (QED) is 0.179. The Kier molecular flexibility index (Phi) is 25.3. The van der Waals surface area contributed by atoms with Crippen LogP contribution in [0.1, 0.15) is 32.3 Å². The fourth-order valence-corrected chi connectivity index (χ4v) is 3.23. The second-order valence-corrected chi connectivity index (χ2v) is 9.34. The molecule has 0 atom stereocenters. The molecule has 0 unspecified atom stereocenters. The SMILES string of the molecule is C#CCCO.CCNCC.Clc1ccc(Br)c(I)c1.OCCC#Cc1cc(Cl)ccc1Br. The lowest BCUT2D eigenvalue weighted by Crippen LogP contribution is -2.09. The van der Waals surface area contributed by atoms with Crippen molar-refractivity contribution >= 4 is 77.7 Å². The zero-order valence-corrected chi connectivity index (χ0v) is 24.9. The van der Waals surface area contributed by atoms with Crippen molar-refractivity contribution in [3.8, 4) is 24.2 Å². The summed E-state index contributed by atoms with van der Waals surface area (Å²) >= 11 is 20.4. The van der Waals surface area contributed by atoms with Gasteiger partial charge in [0, 0.05) is 41.0 Å². The molecule has 0 amide bonds. The lowest BCUT2D eigenvalue weighted by molar-refractivity contribution is 0.304. The van der Waals surface area contributed by atoms with Crippen LogP contribution in [0.3, 0.4) is 0 Å². The molecule has 2 aromatic carbocycles. The van der Waals surface area contributed by atoms with Crippen LogP contribution in [-0.4, -0.2) is 36.5 Å². The van der Waals surface area contributed by atoms with E-state index in [9.17, 15) is 0 Å². The van der Waals surface area contributed by atoms with E-state index in [0.29, 0.717) is 17.9 Å². The van der Waals surface area contributed by atoms with Gasteiger partial charge in [0.05, 0.1) is 13.2 Å². The lowest BCUT2D eigenvalue weighted by atomic mass is 10.2. The summed E-state index contributed by atoms with van der Waals surface area (Å²) in [6.45, 7) is 6.59. The van der Waals surface area contributed by atoms with Gasteiger partial charge in [-0.3, -0.25) is 0 Å². The Bertz CT molecular complexity index is 863. The fraction of sp³-hybridized carbons (Fsp3) is 0.333. The summed E-state index contributed by atoms with van der Waals surface area (Å²) in [6.07, 6.45) is 5.69. The summed E-state index contributed by atoms with van der Waals surface area (Å²) in [6, 6.07) is 11.1. The minimum absolute atomic E-state index is 0.0885. The van der Waals surface area contributed by atoms with E-state index in [1.54, 1.807) is 12.1 Å². The van der Waals surface area contributed by atoms with Crippen molar-refractivity contribution in [2.45, 2.75) is 26.7 Å². The average Bonchev–Trinajstić information content (AvgIpc) is 2.76. The van der Waals surface area contributed by atoms with E-state index in [2.05, 4.69) is 91.4 Å². The largest absolute Gasteiger partial charge is 0.395 e. The maximum absolute atomic E-state index is 8.53. The first kappa shape index (κ1) is 33.9. The van der Waals surface area contributed by atoms with Crippen LogP contribution in [0.25, 0.3) is 0 Å². The molecule has 3 nitrogen and oxygen atoms in total. The van der Waals surface area contributed by atoms with Crippen LogP contribution < -0.4 is 5.32 Å². The topological polar surface area (TPSA) is 52.5 Å². The van der Waals surface area contributed by atoms with Gasteiger partial charge in [-0.25, -0.2) is 0 Å². The number of halogens is 5. The molecule has 0 fully saturated rings. The molecule has 0 aromatic heterocycles. The van der Waals surface area contributed by atoms with E-state index in [1.807, 2.05) is 24.3 Å². The zero-order chi connectivity index (χ0) is 24.8. The molecule has 0 spiro atoms. The molecule has 0 saturated carbocycles. The smallest absolute Gasteiger partial charge is 0.0540 e. The second-order valence-electron chi connectivity index (χ2n) is 5.59. The first-order chi connectivity index (χ1) is 15.3. The Morgan fingerprint density at radius 1 is 0.938 bits per heavy atom. The Hall–Kier alpha value is -0.290. The first-order valence-corrected chi connectivity index (χ1v) is 13.1. The number of terminal acetylenes is 1. The molecule has 0 aliphatic carbocycles. The maximum Gasteiger partial charge on any atom is 0.0540 e. The van der Waals surface area contributed by atoms with E-state index >= 15 is 0 Å². The molecule has 2 rings (SSSR count).